The van der Waals surface area contributed by atoms with Gasteiger partial charge in [0.2, 0.25) is 0 Å². The zero-order valence-corrected chi connectivity index (χ0v) is 18.0. The standard InChI is InChI=1S/C23H30N4O3/c1-15-11-20(18-5-4-6-24-14-18)30-23(29)21(15)22(28)27-9-7-26(8-10-27)19-12-16(2)25-17(3)13-19/h11-13,18,24H,4-10,14H2,1-3H3. The van der Waals surface area contributed by atoms with Crippen LogP contribution in [0.4, 0.5) is 5.69 Å². The van der Waals surface area contributed by atoms with Gasteiger partial charge < -0.3 is 19.5 Å². The van der Waals surface area contributed by atoms with Gasteiger partial charge in [0.15, 0.2) is 0 Å². The van der Waals surface area contributed by atoms with Gasteiger partial charge in [-0.2, -0.15) is 0 Å². The molecule has 1 amide bonds. The molecule has 160 valence electrons. The van der Waals surface area contributed by atoms with Crippen LogP contribution in [-0.4, -0.2) is 55.1 Å². The minimum absolute atomic E-state index is 0.173. The van der Waals surface area contributed by atoms with Crippen molar-refractivity contribution in [2.45, 2.75) is 39.5 Å². The van der Waals surface area contributed by atoms with Crippen LogP contribution in [-0.2, 0) is 0 Å². The fourth-order valence-electron chi connectivity index (χ4n) is 4.51. The van der Waals surface area contributed by atoms with Gasteiger partial charge >= 0.3 is 5.63 Å². The molecule has 4 heterocycles. The molecule has 0 aromatic carbocycles. The number of nitrogens with zero attached hydrogens (tertiary/aromatic N) is 3. The molecule has 1 atom stereocenters. The molecule has 1 unspecified atom stereocenters. The Hall–Kier alpha value is -2.67. The number of aromatic nitrogens is 1. The Morgan fingerprint density at radius 1 is 1.10 bits per heavy atom. The molecule has 7 nitrogen and oxygen atoms in total. The highest BCUT2D eigenvalue weighted by Gasteiger charge is 2.28. The van der Waals surface area contributed by atoms with Gasteiger partial charge in [-0.3, -0.25) is 9.78 Å². The molecule has 2 fully saturated rings. The molecule has 2 saturated heterocycles. The van der Waals surface area contributed by atoms with E-state index in [-0.39, 0.29) is 17.4 Å². The Labute approximate surface area is 177 Å². The summed E-state index contributed by atoms with van der Waals surface area (Å²) in [5.41, 5.74) is 3.48. The summed E-state index contributed by atoms with van der Waals surface area (Å²) in [7, 11) is 0. The van der Waals surface area contributed by atoms with E-state index in [2.05, 4.69) is 27.3 Å². The lowest BCUT2D eigenvalue weighted by molar-refractivity contribution is 0.0740. The van der Waals surface area contributed by atoms with Crippen molar-refractivity contribution in [2.75, 3.05) is 44.2 Å². The van der Waals surface area contributed by atoms with Gasteiger partial charge in [-0.1, -0.05) is 0 Å². The summed E-state index contributed by atoms with van der Waals surface area (Å²) in [4.78, 5) is 34.3. The predicted molar refractivity (Wildman–Crippen MR) is 116 cm³/mol. The highest BCUT2D eigenvalue weighted by Crippen LogP contribution is 2.24. The van der Waals surface area contributed by atoms with Crippen LogP contribution in [0.3, 0.4) is 0 Å². The zero-order valence-electron chi connectivity index (χ0n) is 18.0. The minimum Gasteiger partial charge on any atom is -0.427 e. The molecule has 30 heavy (non-hydrogen) atoms. The van der Waals surface area contributed by atoms with Gasteiger partial charge in [0, 0.05) is 55.7 Å². The summed E-state index contributed by atoms with van der Waals surface area (Å²) in [6.45, 7) is 10.2. The van der Waals surface area contributed by atoms with Crippen molar-refractivity contribution in [1.82, 2.24) is 15.2 Å². The maximum atomic E-state index is 13.1. The van der Waals surface area contributed by atoms with Crippen LogP contribution in [0.1, 0.15) is 51.8 Å². The second-order valence-corrected chi connectivity index (χ2v) is 8.42. The van der Waals surface area contributed by atoms with E-state index in [4.69, 9.17) is 4.42 Å². The number of hydrogen-bond acceptors (Lipinski definition) is 6. The predicted octanol–water partition coefficient (Wildman–Crippen LogP) is 2.39. The zero-order chi connectivity index (χ0) is 21.3. The van der Waals surface area contributed by atoms with Crippen LogP contribution >= 0.6 is 0 Å². The topological polar surface area (TPSA) is 78.7 Å². The van der Waals surface area contributed by atoms with Crippen molar-refractivity contribution >= 4 is 11.6 Å². The normalized spacial score (nSPS) is 19.8. The average Bonchev–Trinajstić information content (AvgIpc) is 2.73. The monoisotopic (exact) mass is 410 g/mol. The quantitative estimate of drug-likeness (QED) is 0.837. The van der Waals surface area contributed by atoms with Gasteiger partial charge in [-0.25, -0.2) is 4.79 Å². The molecule has 4 rings (SSSR count). The Kier molecular flexibility index (Phi) is 5.90. The third-order valence-electron chi connectivity index (χ3n) is 6.08. The number of piperazine rings is 1. The van der Waals surface area contributed by atoms with Crippen LogP contribution in [0.15, 0.2) is 27.4 Å². The van der Waals surface area contributed by atoms with Crippen molar-refractivity contribution in [1.29, 1.82) is 0 Å². The van der Waals surface area contributed by atoms with Gasteiger partial charge in [0.25, 0.3) is 5.91 Å². The second-order valence-electron chi connectivity index (χ2n) is 8.42. The van der Waals surface area contributed by atoms with Crippen molar-refractivity contribution in [3.63, 3.8) is 0 Å². The lowest BCUT2D eigenvalue weighted by atomic mass is 9.95. The first-order chi connectivity index (χ1) is 14.4. The third-order valence-corrected chi connectivity index (χ3v) is 6.08. The van der Waals surface area contributed by atoms with E-state index < -0.39 is 5.63 Å². The van der Waals surface area contributed by atoms with Gasteiger partial charge in [0.05, 0.1) is 0 Å². The molecule has 0 saturated carbocycles. The van der Waals surface area contributed by atoms with E-state index in [0.717, 1.165) is 56.1 Å². The number of carbonyl (C=O) groups excluding carboxylic acids is 1. The van der Waals surface area contributed by atoms with Gasteiger partial charge in [-0.15, -0.1) is 0 Å². The Morgan fingerprint density at radius 2 is 1.80 bits per heavy atom. The fraction of sp³-hybridized carbons (Fsp3) is 0.522. The van der Waals surface area contributed by atoms with Crippen LogP contribution in [0.5, 0.6) is 0 Å². The van der Waals surface area contributed by atoms with Crippen molar-refractivity contribution in [2.24, 2.45) is 0 Å². The molecule has 0 bridgehead atoms. The van der Waals surface area contributed by atoms with E-state index >= 15 is 0 Å². The summed E-state index contributed by atoms with van der Waals surface area (Å²) in [5, 5.41) is 3.34. The minimum atomic E-state index is -0.511. The molecule has 2 aliphatic heterocycles. The van der Waals surface area contributed by atoms with Crippen LogP contribution in [0, 0.1) is 20.8 Å². The Bertz CT molecular complexity index is 966. The molecule has 2 aromatic rings. The van der Waals surface area contributed by atoms with E-state index in [1.807, 2.05) is 26.8 Å². The number of rotatable bonds is 3. The summed E-state index contributed by atoms with van der Waals surface area (Å²) in [6, 6.07) is 6.02. The maximum absolute atomic E-state index is 13.1. The number of anilines is 1. The van der Waals surface area contributed by atoms with Gasteiger partial charge in [-0.05, 0) is 63.9 Å². The summed E-state index contributed by atoms with van der Waals surface area (Å²) in [6.07, 6.45) is 2.06. The number of piperidine rings is 1. The van der Waals surface area contributed by atoms with Crippen molar-refractivity contribution < 1.29 is 9.21 Å². The number of carbonyl (C=O) groups is 1. The number of amides is 1. The SMILES string of the molecule is Cc1cc(N2CCN(C(=O)c3c(C)cc(C4CCCNC4)oc3=O)CC2)cc(C)n1. The lowest BCUT2D eigenvalue weighted by Gasteiger charge is -2.36. The van der Waals surface area contributed by atoms with Gasteiger partial charge in [0.1, 0.15) is 11.3 Å². The molecule has 7 heteroatoms. The Morgan fingerprint density at radius 3 is 2.40 bits per heavy atom. The van der Waals surface area contributed by atoms with E-state index in [0.29, 0.717) is 24.4 Å². The molecule has 1 N–H and O–H groups in total. The highest BCUT2D eigenvalue weighted by molar-refractivity contribution is 5.95. The average molecular weight is 411 g/mol. The van der Waals surface area contributed by atoms with E-state index in [9.17, 15) is 9.59 Å². The van der Waals surface area contributed by atoms with Crippen LogP contribution < -0.4 is 15.8 Å². The van der Waals surface area contributed by atoms with Crippen LogP contribution in [0.25, 0.3) is 0 Å². The Balaban J connectivity index is 1.47. The third kappa shape index (κ3) is 4.26. The van der Waals surface area contributed by atoms with E-state index in [1.54, 1.807) is 4.90 Å². The molecular formula is C23H30N4O3. The first-order valence-corrected chi connectivity index (χ1v) is 10.8. The summed E-state index contributed by atoms with van der Waals surface area (Å²) in [5.74, 6) is 0.663. The smallest absolute Gasteiger partial charge is 0.349 e. The second kappa shape index (κ2) is 8.60. The molecule has 0 aliphatic carbocycles. The largest absolute Gasteiger partial charge is 0.427 e. The van der Waals surface area contributed by atoms with Crippen LogP contribution in [0.2, 0.25) is 0 Å². The maximum Gasteiger partial charge on any atom is 0.349 e. The molecule has 0 spiro atoms. The number of nitrogens with one attached hydrogen (secondary N) is 1. The molecule has 0 radical (unpaired) electrons. The summed E-state index contributed by atoms with van der Waals surface area (Å²) < 4.78 is 5.60. The highest BCUT2D eigenvalue weighted by atomic mass is 16.4. The first-order valence-electron chi connectivity index (χ1n) is 10.8. The molecule has 2 aromatic heterocycles. The molecular weight excluding hydrogens is 380 g/mol. The number of aryl methyl sites for hydroxylation is 3. The van der Waals surface area contributed by atoms with Crippen molar-refractivity contribution in [3.05, 3.63) is 56.9 Å². The van der Waals surface area contributed by atoms with Crippen molar-refractivity contribution in [3.8, 4) is 0 Å². The molecule has 2 aliphatic rings. The number of pyridine rings is 1. The van der Waals surface area contributed by atoms with E-state index in [1.165, 1.54) is 0 Å². The summed E-state index contributed by atoms with van der Waals surface area (Å²) >= 11 is 0. The number of hydrogen-bond donors (Lipinski definition) is 1. The first kappa shape index (κ1) is 20.6. The fourth-order valence-corrected chi connectivity index (χ4v) is 4.51. The lowest BCUT2D eigenvalue weighted by Crippen LogP contribution is -2.49.